The molecule has 0 aliphatic heterocycles. The van der Waals surface area contributed by atoms with E-state index >= 15 is 0 Å². The first-order chi connectivity index (χ1) is 33.8. The van der Waals surface area contributed by atoms with E-state index in [1.165, 1.54) is 0 Å². The molecule has 0 fully saturated rings. The van der Waals surface area contributed by atoms with Crippen LogP contribution in [0.25, 0.3) is 32.3 Å². The topological polar surface area (TPSA) is 116 Å². The number of rotatable bonds is 12. The molecule has 0 N–H and O–H groups in total. The van der Waals surface area contributed by atoms with Gasteiger partial charge in [0.1, 0.15) is 46.5 Å². The van der Waals surface area contributed by atoms with Gasteiger partial charge in [-0.2, -0.15) is 0 Å². The Labute approximate surface area is 391 Å². The molecule has 12 aromatic rings. The maximum atomic E-state index is 4.95. The van der Waals surface area contributed by atoms with Gasteiger partial charge in [-0.3, -0.25) is 19.6 Å². The maximum Gasteiger partial charge on any atom is 0.138 e. The van der Waals surface area contributed by atoms with Crippen LogP contribution in [-0.4, -0.2) is 39.9 Å². The molecule has 8 aromatic heterocycles. The Morgan fingerprint density at radius 2 is 0.382 bits per heavy atom. The molecule has 0 unspecified atom stereocenters. The van der Waals surface area contributed by atoms with Gasteiger partial charge in [0.15, 0.2) is 0 Å². The Morgan fingerprint density at radius 1 is 0.206 bits per heavy atom. The summed E-state index contributed by atoms with van der Waals surface area (Å²) in [6.45, 7) is 0. The van der Waals surface area contributed by atoms with Crippen LogP contribution in [0.4, 0.5) is 69.3 Å². The second kappa shape index (κ2) is 17.4. The molecule has 0 aliphatic rings. The molecular weight excluding hydrogens is 841 g/mol. The third-order valence-electron chi connectivity index (χ3n) is 11.8. The van der Waals surface area contributed by atoms with Gasteiger partial charge in [-0.25, -0.2) is 39.9 Å². The Morgan fingerprint density at radius 3 is 0.529 bits per heavy atom. The van der Waals surface area contributed by atoms with Crippen molar-refractivity contribution in [2.24, 2.45) is 0 Å². The lowest BCUT2D eigenvalue weighted by Crippen LogP contribution is -2.18. The molecule has 0 amide bonds. The van der Waals surface area contributed by atoms with Crippen molar-refractivity contribution in [3.63, 3.8) is 0 Å². The summed E-state index contributed by atoms with van der Waals surface area (Å²) in [5, 5.41) is 5.85. The molecule has 68 heavy (non-hydrogen) atoms. The smallest absolute Gasteiger partial charge is 0.138 e. The zero-order valence-electron chi connectivity index (χ0n) is 36.3. The first-order valence-electron chi connectivity index (χ1n) is 22.1. The van der Waals surface area contributed by atoms with Crippen molar-refractivity contribution < 1.29 is 0 Å². The standard InChI is InChI=1S/C56H38N12/c1-9-29-57-47(17-1)65(48-18-2-10-30-58-48)43-37-44(66(49-19-3-11-31-59-49)50-20-4-12-32-60-50)40-27-28-42-46(68(53-23-7-15-35-63-53)54-24-8-16-36-64-54)38-45(41-26-25-39(43)55(40)56(41)42)67(51-21-5-13-33-61-51)52-22-6-14-34-62-52/h1-38H. The van der Waals surface area contributed by atoms with Gasteiger partial charge in [0, 0.05) is 81.9 Å². The van der Waals surface area contributed by atoms with Gasteiger partial charge in [0.05, 0.1) is 22.7 Å². The van der Waals surface area contributed by atoms with E-state index in [4.69, 9.17) is 39.9 Å². The van der Waals surface area contributed by atoms with Crippen molar-refractivity contribution in [1.82, 2.24) is 39.9 Å². The van der Waals surface area contributed by atoms with Gasteiger partial charge in [0.25, 0.3) is 0 Å². The van der Waals surface area contributed by atoms with Crippen LogP contribution in [0.2, 0.25) is 0 Å². The minimum absolute atomic E-state index is 0.698. The van der Waals surface area contributed by atoms with E-state index in [-0.39, 0.29) is 0 Å². The normalized spacial score (nSPS) is 11.2. The number of aromatic nitrogens is 8. The van der Waals surface area contributed by atoms with Crippen LogP contribution in [-0.2, 0) is 0 Å². The fourth-order valence-electron chi connectivity index (χ4n) is 9.00. The summed E-state index contributed by atoms with van der Waals surface area (Å²) in [5.74, 6) is 5.58. The zero-order chi connectivity index (χ0) is 45.2. The average molecular weight is 879 g/mol. The number of benzene rings is 4. The van der Waals surface area contributed by atoms with Gasteiger partial charge in [-0.15, -0.1) is 0 Å². The van der Waals surface area contributed by atoms with Crippen LogP contribution in [0.3, 0.4) is 0 Å². The number of hydrogen-bond acceptors (Lipinski definition) is 12. The van der Waals surface area contributed by atoms with E-state index in [0.29, 0.717) is 46.5 Å². The highest BCUT2D eigenvalue weighted by atomic mass is 15.3. The third-order valence-corrected chi connectivity index (χ3v) is 11.8. The summed E-state index contributed by atoms with van der Waals surface area (Å²) >= 11 is 0. The number of pyridine rings is 8. The Bertz CT molecular complexity index is 2980. The fraction of sp³-hybridized carbons (Fsp3) is 0. The summed E-state index contributed by atoms with van der Waals surface area (Å²) in [6, 6.07) is 60.7. The number of nitrogens with zero attached hydrogens (tertiary/aromatic N) is 12. The van der Waals surface area contributed by atoms with Gasteiger partial charge < -0.3 is 0 Å². The van der Waals surface area contributed by atoms with Crippen molar-refractivity contribution in [2.45, 2.75) is 0 Å². The molecule has 0 radical (unpaired) electrons. The summed E-state index contributed by atoms with van der Waals surface area (Å²) in [4.78, 5) is 48.1. The molecule has 12 heteroatoms. The molecule has 12 rings (SSSR count). The zero-order valence-corrected chi connectivity index (χ0v) is 36.3. The Hall–Kier alpha value is -9.68. The number of hydrogen-bond donors (Lipinski definition) is 0. The van der Waals surface area contributed by atoms with Crippen molar-refractivity contribution >= 4 is 102 Å². The first-order valence-corrected chi connectivity index (χ1v) is 22.1. The molecule has 0 atom stereocenters. The molecule has 0 aliphatic carbocycles. The molecule has 4 aromatic carbocycles. The molecule has 0 bridgehead atoms. The molecule has 0 saturated heterocycles. The van der Waals surface area contributed by atoms with Crippen molar-refractivity contribution in [3.05, 3.63) is 232 Å². The van der Waals surface area contributed by atoms with Crippen LogP contribution < -0.4 is 19.6 Å². The summed E-state index contributed by atoms with van der Waals surface area (Å²) in [5.41, 5.74) is 3.39. The van der Waals surface area contributed by atoms with Crippen LogP contribution >= 0.6 is 0 Å². The van der Waals surface area contributed by atoms with Gasteiger partial charge in [0.2, 0.25) is 0 Å². The SMILES string of the molecule is c1ccc(N(c2ccccn2)c2cc(N(c3ccccn3)c3ccccn3)c3ccc4c(N(c5ccccn5)c5ccccn5)cc(N(c5ccccn5)c5ccccn5)c5ccc2c3c54)nc1. The average Bonchev–Trinajstić information content (AvgIpc) is 3.42. The molecule has 12 nitrogen and oxygen atoms in total. The third kappa shape index (κ3) is 7.05. The molecule has 0 saturated carbocycles. The highest BCUT2D eigenvalue weighted by Crippen LogP contribution is 2.54. The van der Waals surface area contributed by atoms with E-state index in [1.54, 1.807) is 0 Å². The second-order valence-corrected chi connectivity index (χ2v) is 15.7. The van der Waals surface area contributed by atoms with Crippen LogP contribution in [0.15, 0.2) is 232 Å². The highest BCUT2D eigenvalue weighted by Gasteiger charge is 2.30. The predicted octanol–water partition coefficient (Wildman–Crippen LogP) is 13.6. The molecule has 8 heterocycles. The van der Waals surface area contributed by atoms with Crippen molar-refractivity contribution in [2.75, 3.05) is 19.6 Å². The van der Waals surface area contributed by atoms with E-state index in [2.05, 4.69) is 56.0 Å². The quantitative estimate of drug-likeness (QED) is 0.109. The highest BCUT2D eigenvalue weighted by molar-refractivity contribution is 6.32. The number of anilines is 12. The molecule has 322 valence electrons. The lowest BCUT2D eigenvalue weighted by molar-refractivity contribution is 1.11. The Kier molecular flexibility index (Phi) is 10.2. The second-order valence-electron chi connectivity index (χ2n) is 15.7. The van der Waals surface area contributed by atoms with Gasteiger partial charge >= 0.3 is 0 Å². The molecular formula is C56H38N12. The summed E-state index contributed by atoms with van der Waals surface area (Å²) in [6.07, 6.45) is 14.5. The van der Waals surface area contributed by atoms with Crippen molar-refractivity contribution in [1.29, 1.82) is 0 Å². The maximum absolute atomic E-state index is 4.95. The minimum Gasteiger partial charge on any atom is -0.278 e. The monoisotopic (exact) mass is 878 g/mol. The van der Waals surface area contributed by atoms with Crippen LogP contribution in [0.5, 0.6) is 0 Å². The van der Waals surface area contributed by atoms with E-state index in [1.807, 2.05) is 195 Å². The molecule has 0 spiro atoms. The minimum atomic E-state index is 0.698. The van der Waals surface area contributed by atoms with E-state index in [9.17, 15) is 0 Å². The summed E-state index contributed by atoms with van der Waals surface area (Å²) < 4.78 is 0. The first kappa shape index (κ1) is 39.9. The Balaban J connectivity index is 1.28. The van der Waals surface area contributed by atoms with Crippen LogP contribution in [0, 0.1) is 0 Å². The van der Waals surface area contributed by atoms with Crippen LogP contribution in [0.1, 0.15) is 0 Å². The van der Waals surface area contributed by atoms with Gasteiger partial charge in [-0.05, 0) is 109 Å². The fourth-order valence-corrected chi connectivity index (χ4v) is 9.00. The lowest BCUT2D eigenvalue weighted by Gasteiger charge is -2.32. The predicted molar refractivity (Wildman–Crippen MR) is 271 cm³/mol. The van der Waals surface area contributed by atoms with Gasteiger partial charge in [-0.1, -0.05) is 72.8 Å². The largest absolute Gasteiger partial charge is 0.278 e. The van der Waals surface area contributed by atoms with Crippen molar-refractivity contribution in [3.8, 4) is 0 Å². The lowest BCUT2D eigenvalue weighted by atomic mass is 9.89. The van der Waals surface area contributed by atoms with E-state index in [0.717, 1.165) is 55.1 Å². The summed E-state index contributed by atoms with van der Waals surface area (Å²) in [7, 11) is 0. The van der Waals surface area contributed by atoms with E-state index < -0.39 is 0 Å².